The van der Waals surface area contributed by atoms with Crippen molar-refractivity contribution in [1.29, 1.82) is 0 Å². The van der Waals surface area contributed by atoms with Crippen molar-refractivity contribution >= 4 is 23.1 Å². The van der Waals surface area contributed by atoms with E-state index in [9.17, 15) is 19.2 Å². The Labute approximate surface area is 168 Å². The third-order valence-corrected chi connectivity index (χ3v) is 2.42. The fourth-order valence-electron chi connectivity index (χ4n) is 1.51. The summed E-state index contributed by atoms with van der Waals surface area (Å²) in [4.78, 5) is 58.8. The zero-order valence-electron chi connectivity index (χ0n) is 16.0. The zero-order chi connectivity index (χ0) is 24.0. The molecular weight excluding hydrogens is 432 g/mol. The van der Waals surface area contributed by atoms with E-state index >= 15 is 0 Å². The van der Waals surface area contributed by atoms with Crippen LogP contribution in [0, 0.1) is 30.6 Å². The van der Waals surface area contributed by atoms with Gasteiger partial charge in [0.2, 0.25) is 12.1 Å². The van der Waals surface area contributed by atoms with E-state index in [-0.39, 0.29) is 23.1 Å². The van der Waals surface area contributed by atoms with Crippen LogP contribution in [0.25, 0.3) is 0 Å². The first-order chi connectivity index (χ1) is 12.6. The summed E-state index contributed by atoms with van der Waals surface area (Å²) >= 11 is 2.00. The standard InChI is InChI=1S/2C6H11NO2.Fe.2NO3.O/c2*1-4(8)6(7-3)5(2)9;;2*2-1(3)4;/h2*6-7H,1-3H3;;;;/q;;;2*-1;/p+2. The Bertz CT molecular complexity index is 436. The molecule has 0 atom stereocenters. The summed E-state index contributed by atoms with van der Waals surface area (Å²) in [6, 6.07) is -0.963. The third-order valence-electron chi connectivity index (χ3n) is 2.42. The molecule has 0 rings (SSSR count). The number of rotatable bonds is 6. The van der Waals surface area contributed by atoms with Crippen LogP contribution < -0.4 is 10.6 Å². The van der Waals surface area contributed by atoms with Crippen LogP contribution in [-0.2, 0) is 39.0 Å². The number of hydrogen-bond donors (Lipinski definition) is 2. The number of quaternary nitrogens is 2. The van der Waals surface area contributed by atoms with Crippen molar-refractivity contribution in [3.8, 4) is 0 Å². The number of carbonyl (C=O) groups is 4. The summed E-state index contributed by atoms with van der Waals surface area (Å²) in [7, 11) is 3.43. The van der Waals surface area contributed by atoms with Gasteiger partial charge >= 0.3 is 19.8 Å². The quantitative estimate of drug-likeness (QED) is 0.175. The number of likely N-dealkylation sites (N-methyl/N-ethyl adjacent to an activating group) is 2. The first-order valence-corrected chi connectivity index (χ1v) is 7.48. The molecule has 0 aromatic rings. The predicted molar refractivity (Wildman–Crippen MR) is 87.4 cm³/mol. The van der Waals surface area contributed by atoms with E-state index in [0.29, 0.717) is 0 Å². The molecule has 0 aliphatic heterocycles. The molecule has 0 unspecified atom stereocenters. The van der Waals surface area contributed by atoms with Gasteiger partial charge in [-0.2, -0.15) is 0 Å². The first-order valence-electron chi connectivity index (χ1n) is 7.03. The molecule has 0 fully saturated rings. The Kier molecular flexibility index (Phi) is 31.5. The van der Waals surface area contributed by atoms with E-state index < -0.39 is 22.3 Å². The molecule has 0 saturated carbocycles. The number of nitrogens with zero attached hydrogens (tertiary/aromatic N) is 2. The van der Waals surface area contributed by atoms with Crippen LogP contribution in [0.1, 0.15) is 27.7 Å². The Morgan fingerprint density at radius 1 is 0.643 bits per heavy atom. The normalized spacial score (nSPS) is 8.18. The Morgan fingerprint density at radius 2 is 0.750 bits per heavy atom. The number of carbonyl (C=O) groups excluding carboxylic acids is 4. The van der Waals surface area contributed by atoms with Crippen LogP contribution >= 0.6 is 0 Å². The first kappa shape index (κ1) is 36.3. The second-order valence-electron chi connectivity index (χ2n) is 4.51. The third kappa shape index (κ3) is 38.7. The van der Waals surface area contributed by atoms with Crippen LogP contribution in [0.15, 0.2) is 0 Å². The average Bonchev–Trinajstić information content (AvgIpc) is 2.48. The summed E-state index contributed by atoms with van der Waals surface area (Å²) in [6.07, 6.45) is 0. The second-order valence-corrected chi connectivity index (χ2v) is 4.51. The monoisotopic (exact) mass is 456 g/mol. The van der Waals surface area contributed by atoms with Crippen molar-refractivity contribution in [3.05, 3.63) is 30.6 Å². The Morgan fingerprint density at radius 3 is 0.750 bits per heavy atom. The van der Waals surface area contributed by atoms with Gasteiger partial charge in [-0.3, -0.25) is 19.2 Å². The topological polar surface area (TPSA) is 251 Å². The molecule has 0 heterocycles. The van der Waals surface area contributed by atoms with Crippen LogP contribution in [-0.4, -0.2) is 59.5 Å². The maximum absolute atomic E-state index is 10.6. The molecule has 0 aliphatic carbocycles. The molecule has 0 radical (unpaired) electrons. The molecule has 16 heteroatoms. The second kappa shape index (κ2) is 24.3. The van der Waals surface area contributed by atoms with Crippen LogP contribution in [0.2, 0.25) is 0 Å². The minimum absolute atomic E-state index is 0.0787. The molecule has 15 nitrogen and oxygen atoms in total. The van der Waals surface area contributed by atoms with Gasteiger partial charge in [0, 0.05) is 27.7 Å². The van der Waals surface area contributed by atoms with Crippen molar-refractivity contribution in [3.63, 3.8) is 0 Å². The fourth-order valence-corrected chi connectivity index (χ4v) is 1.51. The van der Waals surface area contributed by atoms with Gasteiger partial charge in [-0.25, -0.2) is 0 Å². The zero-order valence-corrected chi connectivity index (χ0v) is 17.2. The van der Waals surface area contributed by atoms with Crippen molar-refractivity contribution in [2.24, 2.45) is 0 Å². The van der Waals surface area contributed by atoms with Crippen LogP contribution in [0.5, 0.6) is 0 Å². The molecular formula is C12H24FeN4O11. The summed E-state index contributed by atoms with van der Waals surface area (Å²) in [5.74, 6) is -0.315. The number of ketones is 4. The SMILES string of the molecule is C[NH2+]C(C(C)=O)C(C)=O.C[NH2+]C(C(C)=O)C(C)=O.O=[N+]([O-])[O-].O=[N+]([O-])[O-].[O]=[Fe]. The Balaban J connectivity index is -0.0000000867. The van der Waals surface area contributed by atoms with E-state index in [2.05, 4.69) is 0 Å². The molecule has 0 saturated heterocycles. The van der Waals surface area contributed by atoms with Gasteiger partial charge in [-0.15, -0.1) is 0 Å². The van der Waals surface area contributed by atoms with Gasteiger partial charge in [0.1, 0.15) is 0 Å². The van der Waals surface area contributed by atoms with Crippen molar-refractivity contribution in [2.75, 3.05) is 14.1 Å². The number of nitrogens with two attached hydrogens (primary N) is 2. The van der Waals surface area contributed by atoms with Gasteiger partial charge in [0.15, 0.2) is 23.1 Å². The van der Waals surface area contributed by atoms with Gasteiger partial charge in [-0.1, -0.05) is 0 Å². The molecule has 0 aliphatic rings. The molecule has 166 valence electrons. The van der Waals surface area contributed by atoms with Crippen molar-refractivity contribution in [2.45, 2.75) is 39.8 Å². The Hall–Kier alpha value is -2.68. The molecule has 0 aromatic carbocycles. The maximum atomic E-state index is 10.6. The predicted octanol–water partition coefficient (Wildman–Crippen LogP) is -3.15. The van der Waals surface area contributed by atoms with E-state index in [1.54, 1.807) is 24.7 Å². The van der Waals surface area contributed by atoms with Crippen molar-refractivity contribution < 1.29 is 59.8 Å². The van der Waals surface area contributed by atoms with Gasteiger partial charge in [0.25, 0.3) is 0 Å². The average molecular weight is 456 g/mol. The number of hydrogen-bond acceptors (Lipinski definition) is 11. The molecule has 0 spiro atoms. The minimum atomic E-state index is -1.75. The van der Waals surface area contributed by atoms with E-state index in [1.807, 2.05) is 15.9 Å². The summed E-state index contributed by atoms with van der Waals surface area (Å²) < 4.78 is 8.00. The van der Waals surface area contributed by atoms with E-state index in [0.717, 1.165) is 0 Å². The summed E-state index contributed by atoms with van der Waals surface area (Å²) in [5.41, 5.74) is 0. The van der Waals surface area contributed by atoms with Crippen LogP contribution in [0.4, 0.5) is 0 Å². The van der Waals surface area contributed by atoms with Gasteiger partial charge < -0.3 is 41.3 Å². The molecule has 28 heavy (non-hydrogen) atoms. The molecule has 0 bridgehead atoms. The number of Topliss-reactive ketones (excluding diaryl/α,β-unsaturated/α-hetero) is 4. The fraction of sp³-hybridized carbons (Fsp3) is 0.667. The molecule has 4 N–H and O–H groups in total. The summed E-state index contributed by atoms with van der Waals surface area (Å²) in [5, 5.41) is 32.7. The van der Waals surface area contributed by atoms with E-state index in [1.165, 1.54) is 27.7 Å². The molecule has 0 amide bonds. The summed E-state index contributed by atoms with van der Waals surface area (Å²) in [6.45, 7) is 5.69. The van der Waals surface area contributed by atoms with Gasteiger partial charge in [-0.05, 0) is 0 Å². The van der Waals surface area contributed by atoms with E-state index in [4.69, 9.17) is 34.5 Å². The van der Waals surface area contributed by atoms with Gasteiger partial charge in [0.05, 0.1) is 24.3 Å². The molecule has 0 aromatic heterocycles. The van der Waals surface area contributed by atoms with Crippen LogP contribution in [0.3, 0.4) is 0 Å². The van der Waals surface area contributed by atoms with Crippen molar-refractivity contribution in [1.82, 2.24) is 0 Å².